The maximum absolute atomic E-state index is 13.0. The first kappa shape index (κ1) is 24.2. The zero-order valence-corrected chi connectivity index (χ0v) is 20.0. The van der Waals surface area contributed by atoms with Crippen LogP contribution in [-0.2, 0) is 15.7 Å². The molecule has 0 radical (unpaired) electrons. The second-order valence-electron chi connectivity index (χ2n) is 9.73. The van der Waals surface area contributed by atoms with E-state index >= 15 is 0 Å². The number of carbonyl (C=O) groups is 1. The molecule has 2 N–H and O–H groups in total. The largest absolute Gasteiger partial charge is 0.444 e. The lowest BCUT2D eigenvalue weighted by Gasteiger charge is -2.34. The summed E-state index contributed by atoms with van der Waals surface area (Å²) < 4.78 is 21.3. The van der Waals surface area contributed by atoms with E-state index in [1.165, 1.54) is 6.42 Å². The molecule has 1 fully saturated rings. The van der Waals surface area contributed by atoms with Gasteiger partial charge in [0.1, 0.15) is 5.60 Å². The van der Waals surface area contributed by atoms with Crippen molar-refractivity contribution in [2.45, 2.75) is 90.0 Å². The molecule has 1 aliphatic rings. The van der Waals surface area contributed by atoms with E-state index in [0.29, 0.717) is 16.6 Å². The maximum Gasteiger partial charge on any atom is 0.412 e. The molecule has 0 spiro atoms. The molecule has 1 saturated carbocycles. The smallest absolute Gasteiger partial charge is 0.412 e. The van der Waals surface area contributed by atoms with Gasteiger partial charge in [0.2, 0.25) is 0 Å². The van der Waals surface area contributed by atoms with Crippen molar-refractivity contribution >= 4 is 34.4 Å². The van der Waals surface area contributed by atoms with Crippen LogP contribution in [0.15, 0.2) is 18.2 Å². The topological polar surface area (TPSA) is 67.4 Å². The Morgan fingerprint density at radius 1 is 1.14 bits per heavy atom. The summed E-state index contributed by atoms with van der Waals surface area (Å²) in [6, 6.07) is 5.23. The molecule has 2 unspecified atom stereocenters. The standard InChI is InChI=1S/C22H35ClN2O3S/c1-21(2,3)28-20(26)24-18-13-12-16(23)14-17(18)19(15-10-8-7-9-11-15)25-29(27)22(4,5)6/h12-15,19,25H,7-11H2,1-6H3,(H,24,26). The third-order valence-electron chi connectivity index (χ3n) is 4.90. The normalized spacial score (nSPS) is 18.2. The van der Waals surface area contributed by atoms with Crippen molar-refractivity contribution in [1.29, 1.82) is 0 Å². The van der Waals surface area contributed by atoms with Crippen LogP contribution in [0.3, 0.4) is 0 Å². The number of nitrogens with one attached hydrogen (secondary N) is 2. The van der Waals surface area contributed by atoms with E-state index in [0.717, 1.165) is 31.2 Å². The van der Waals surface area contributed by atoms with Gasteiger partial charge >= 0.3 is 6.09 Å². The number of rotatable bonds is 5. The molecule has 2 atom stereocenters. The molecule has 0 saturated heterocycles. The number of carbonyl (C=O) groups excluding carboxylic acids is 1. The molecule has 2 rings (SSSR count). The van der Waals surface area contributed by atoms with Crippen molar-refractivity contribution < 1.29 is 13.7 Å². The molecule has 164 valence electrons. The summed E-state index contributed by atoms with van der Waals surface area (Å²) in [5.41, 5.74) is 0.899. The van der Waals surface area contributed by atoms with Gasteiger partial charge in [-0.1, -0.05) is 30.9 Å². The van der Waals surface area contributed by atoms with Crippen LogP contribution in [-0.4, -0.2) is 20.7 Å². The highest BCUT2D eigenvalue weighted by atomic mass is 35.5. The Kier molecular flexibility index (Phi) is 8.16. The third-order valence-corrected chi connectivity index (χ3v) is 6.71. The van der Waals surface area contributed by atoms with Gasteiger partial charge in [-0.25, -0.2) is 13.7 Å². The lowest BCUT2D eigenvalue weighted by Crippen LogP contribution is -2.39. The van der Waals surface area contributed by atoms with Crippen molar-refractivity contribution in [2.75, 3.05) is 5.32 Å². The van der Waals surface area contributed by atoms with Crippen LogP contribution in [0.5, 0.6) is 0 Å². The number of benzene rings is 1. The molecule has 0 bridgehead atoms. The van der Waals surface area contributed by atoms with Gasteiger partial charge < -0.3 is 4.74 Å². The van der Waals surface area contributed by atoms with Crippen molar-refractivity contribution in [3.63, 3.8) is 0 Å². The van der Waals surface area contributed by atoms with Crippen molar-refractivity contribution in [1.82, 2.24) is 4.72 Å². The number of anilines is 1. The highest BCUT2D eigenvalue weighted by molar-refractivity contribution is 7.84. The molecule has 0 heterocycles. The van der Waals surface area contributed by atoms with Gasteiger partial charge in [-0.2, -0.15) is 0 Å². The van der Waals surface area contributed by atoms with E-state index in [-0.39, 0.29) is 6.04 Å². The number of halogens is 1. The Bertz CT molecular complexity index is 735. The molecular weight excluding hydrogens is 408 g/mol. The van der Waals surface area contributed by atoms with Crippen LogP contribution in [0, 0.1) is 5.92 Å². The zero-order chi connectivity index (χ0) is 21.8. The highest BCUT2D eigenvalue weighted by Crippen LogP contribution is 2.39. The summed E-state index contributed by atoms with van der Waals surface area (Å²) in [5, 5.41) is 3.45. The molecule has 1 aliphatic carbocycles. The predicted molar refractivity (Wildman–Crippen MR) is 122 cm³/mol. The average Bonchev–Trinajstić information content (AvgIpc) is 2.59. The molecular formula is C22H35ClN2O3S. The van der Waals surface area contributed by atoms with Gasteiger partial charge in [-0.15, -0.1) is 0 Å². The minimum atomic E-state index is -1.25. The molecule has 0 aromatic heterocycles. The molecule has 29 heavy (non-hydrogen) atoms. The number of hydrogen-bond acceptors (Lipinski definition) is 3. The van der Waals surface area contributed by atoms with Gasteiger partial charge in [0.05, 0.1) is 15.7 Å². The second-order valence-corrected chi connectivity index (χ2v) is 12.2. The SMILES string of the molecule is CC(C)(C)OC(=O)Nc1ccc(Cl)cc1C(NS(=O)C(C)(C)C)C1CCCCC1. The average molecular weight is 443 g/mol. The summed E-state index contributed by atoms with van der Waals surface area (Å²) in [6.07, 6.45) is 5.13. The van der Waals surface area contributed by atoms with Crippen molar-refractivity contribution in [3.05, 3.63) is 28.8 Å². The van der Waals surface area contributed by atoms with Crippen LogP contribution >= 0.6 is 11.6 Å². The number of amides is 1. The minimum absolute atomic E-state index is 0.168. The minimum Gasteiger partial charge on any atom is -0.444 e. The fourth-order valence-corrected chi connectivity index (χ4v) is 4.58. The maximum atomic E-state index is 13.0. The highest BCUT2D eigenvalue weighted by Gasteiger charge is 2.32. The van der Waals surface area contributed by atoms with E-state index in [1.54, 1.807) is 12.1 Å². The van der Waals surface area contributed by atoms with E-state index in [1.807, 2.05) is 47.6 Å². The molecule has 1 aromatic carbocycles. The van der Waals surface area contributed by atoms with Gasteiger partial charge in [0, 0.05) is 16.8 Å². The Morgan fingerprint density at radius 2 is 1.76 bits per heavy atom. The summed E-state index contributed by atoms with van der Waals surface area (Å²) in [7, 11) is -1.25. The van der Waals surface area contributed by atoms with E-state index < -0.39 is 27.4 Å². The summed E-state index contributed by atoms with van der Waals surface area (Å²) in [5.74, 6) is 0.327. The van der Waals surface area contributed by atoms with E-state index in [4.69, 9.17) is 16.3 Å². The fourth-order valence-electron chi connectivity index (χ4n) is 3.49. The molecule has 1 aromatic rings. The lowest BCUT2D eigenvalue weighted by molar-refractivity contribution is 0.0635. The molecule has 1 amide bonds. The predicted octanol–water partition coefficient (Wildman–Crippen LogP) is 6.36. The first-order valence-electron chi connectivity index (χ1n) is 10.3. The van der Waals surface area contributed by atoms with Crippen molar-refractivity contribution in [2.24, 2.45) is 5.92 Å². The molecule has 7 heteroatoms. The van der Waals surface area contributed by atoms with Crippen molar-refractivity contribution in [3.8, 4) is 0 Å². The summed E-state index contributed by atoms with van der Waals surface area (Å²) >= 11 is 6.32. The Morgan fingerprint density at radius 3 is 2.31 bits per heavy atom. The number of hydrogen-bond donors (Lipinski definition) is 2. The van der Waals surface area contributed by atoms with Gasteiger partial charge in [0.25, 0.3) is 0 Å². The third kappa shape index (κ3) is 7.58. The van der Waals surface area contributed by atoms with Gasteiger partial charge in [-0.05, 0) is 84.1 Å². The second kappa shape index (κ2) is 9.80. The fraction of sp³-hybridized carbons (Fsp3) is 0.682. The first-order valence-corrected chi connectivity index (χ1v) is 11.9. The van der Waals surface area contributed by atoms with E-state index in [9.17, 15) is 9.00 Å². The van der Waals surface area contributed by atoms with E-state index in [2.05, 4.69) is 10.0 Å². The first-order chi connectivity index (χ1) is 13.4. The summed E-state index contributed by atoms with van der Waals surface area (Å²) in [6.45, 7) is 11.3. The van der Waals surface area contributed by atoms with Crippen LogP contribution < -0.4 is 10.0 Å². The quantitative estimate of drug-likeness (QED) is 0.557. The molecule has 5 nitrogen and oxygen atoms in total. The van der Waals surface area contributed by atoms with Crippen LogP contribution in [0.4, 0.5) is 10.5 Å². The Hall–Kier alpha value is -1.11. The molecule has 0 aliphatic heterocycles. The Balaban J connectivity index is 2.38. The monoisotopic (exact) mass is 442 g/mol. The lowest BCUT2D eigenvalue weighted by atomic mass is 9.81. The van der Waals surface area contributed by atoms with Gasteiger partial charge in [-0.3, -0.25) is 5.32 Å². The number of ether oxygens (including phenoxy) is 1. The van der Waals surface area contributed by atoms with Crippen LogP contribution in [0.1, 0.15) is 85.3 Å². The van der Waals surface area contributed by atoms with Crippen LogP contribution in [0.2, 0.25) is 5.02 Å². The van der Waals surface area contributed by atoms with Gasteiger partial charge in [0.15, 0.2) is 0 Å². The Labute approximate surface area is 182 Å². The summed E-state index contributed by atoms with van der Waals surface area (Å²) in [4.78, 5) is 12.4. The van der Waals surface area contributed by atoms with Crippen LogP contribution in [0.25, 0.3) is 0 Å². The zero-order valence-electron chi connectivity index (χ0n) is 18.4.